The van der Waals surface area contributed by atoms with Gasteiger partial charge in [-0.2, -0.15) is 0 Å². The molecule has 0 unspecified atom stereocenters. The monoisotopic (exact) mass is 631 g/mol. The molecule has 3 nitrogen and oxygen atoms in total. The number of fused-ring (bicyclic) bond motifs is 4. The van der Waals surface area contributed by atoms with Crippen molar-refractivity contribution in [1.29, 1.82) is 0 Å². The predicted molar refractivity (Wildman–Crippen MR) is 191 cm³/mol. The van der Waals surface area contributed by atoms with Crippen molar-refractivity contribution in [3.05, 3.63) is 185 Å². The number of rotatable bonds is 4. The van der Waals surface area contributed by atoms with E-state index in [2.05, 4.69) is 130 Å². The third-order valence-electron chi connectivity index (χ3n) is 10.5. The lowest BCUT2D eigenvalue weighted by molar-refractivity contribution is 0.595. The average Bonchev–Trinajstić information content (AvgIpc) is 3.09. The first-order chi connectivity index (χ1) is 22.6. The molecule has 4 heteroatoms. The first-order valence-corrected chi connectivity index (χ1v) is 17.7. The standard InChI is InChI=1S/C43H37NO2S/c1-42(2)35-15-7-5-13-33(35)41(34-14-6-8-16-36(34)42)29-21-25-31(26-22-29)47(45,46)32-27-23-30(24-28-32)44-39-19-11-9-17-37(39)43(3,4)38-18-10-12-20-40(38)44/h5-28,41H,1-4H3. The second-order valence-electron chi connectivity index (χ2n) is 13.8. The number of hydrogen-bond donors (Lipinski definition) is 0. The molecule has 0 fully saturated rings. The molecule has 1 aliphatic heterocycles. The van der Waals surface area contributed by atoms with Crippen LogP contribution in [-0.4, -0.2) is 8.42 Å². The molecule has 0 saturated heterocycles. The maximum absolute atomic E-state index is 14.0. The molecule has 0 radical (unpaired) electrons. The Bertz CT molecular complexity index is 2010. The molecular weight excluding hydrogens is 595 g/mol. The van der Waals surface area contributed by atoms with E-state index in [0.717, 1.165) is 22.6 Å². The van der Waals surface area contributed by atoms with Crippen LogP contribution in [0, 0.1) is 0 Å². The van der Waals surface area contributed by atoms with Crippen LogP contribution in [0.25, 0.3) is 0 Å². The minimum Gasteiger partial charge on any atom is -0.310 e. The number of benzene rings is 6. The molecule has 6 aromatic carbocycles. The zero-order valence-electron chi connectivity index (χ0n) is 27.1. The third-order valence-corrected chi connectivity index (χ3v) is 12.2. The van der Waals surface area contributed by atoms with Gasteiger partial charge in [-0.1, -0.05) is 125 Å². The summed E-state index contributed by atoms with van der Waals surface area (Å²) in [5.41, 5.74) is 11.6. The van der Waals surface area contributed by atoms with Crippen LogP contribution in [0.3, 0.4) is 0 Å². The van der Waals surface area contributed by atoms with E-state index in [0.29, 0.717) is 4.90 Å². The first kappa shape index (κ1) is 29.5. The molecule has 0 bridgehead atoms. The summed E-state index contributed by atoms with van der Waals surface area (Å²) in [7, 11) is -3.73. The highest BCUT2D eigenvalue weighted by Crippen LogP contribution is 2.52. The van der Waals surface area contributed by atoms with E-state index in [1.807, 2.05) is 24.3 Å². The van der Waals surface area contributed by atoms with Gasteiger partial charge in [0, 0.05) is 22.4 Å². The first-order valence-electron chi connectivity index (χ1n) is 16.2. The SMILES string of the molecule is CC1(C)c2ccccc2C(c2ccc(S(=O)(=O)c3ccc(N4c5ccccc5C(C)(C)c5ccccc54)cc3)cc2)c2ccccc21. The minimum absolute atomic E-state index is 0.0340. The number of para-hydroxylation sites is 2. The van der Waals surface area contributed by atoms with Gasteiger partial charge in [0.25, 0.3) is 0 Å². The van der Waals surface area contributed by atoms with Crippen molar-refractivity contribution in [3.8, 4) is 0 Å². The van der Waals surface area contributed by atoms with Crippen LogP contribution in [0.4, 0.5) is 17.1 Å². The summed E-state index contributed by atoms with van der Waals surface area (Å²) in [6, 6.07) is 49.0. The summed E-state index contributed by atoms with van der Waals surface area (Å²) in [5, 5.41) is 0. The van der Waals surface area contributed by atoms with E-state index >= 15 is 0 Å². The quantitative estimate of drug-likeness (QED) is 0.194. The number of hydrogen-bond acceptors (Lipinski definition) is 3. The molecule has 232 valence electrons. The van der Waals surface area contributed by atoms with Crippen LogP contribution in [0.1, 0.15) is 72.6 Å². The Morgan fingerprint density at radius 3 is 1.34 bits per heavy atom. The Morgan fingerprint density at radius 1 is 0.468 bits per heavy atom. The van der Waals surface area contributed by atoms with E-state index in [-0.39, 0.29) is 21.6 Å². The lowest BCUT2D eigenvalue weighted by Crippen LogP contribution is -2.30. The van der Waals surface area contributed by atoms with Crippen LogP contribution in [0.2, 0.25) is 0 Å². The fourth-order valence-corrected chi connectivity index (χ4v) is 9.27. The highest BCUT2D eigenvalue weighted by molar-refractivity contribution is 7.91. The Balaban J connectivity index is 1.14. The number of sulfone groups is 1. The minimum atomic E-state index is -3.73. The summed E-state index contributed by atoms with van der Waals surface area (Å²) < 4.78 is 27.9. The number of anilines is 3. The van der Waals surface area contributed by atoms with Crippen LogP contribution >= 0.6 is 0 Å². The van der Waals surface area contributed by atoms with E-state index in [1.165, 1.54) is 33.4 Å². The lowest BCUT2D eigenvalue weighted by atomic mass is 9.64. The van der Waals surface area contributed by atoms with Crippen LogP contribution in [0.15, 0.2) is 155 Å². The smallest absolute Gasteiger partial charge is 0.206 e. The molecule has 0 N–H and O–H groups in total. The Hall–Kier alpha value is -4.93. The molecule has 8 rings (SSSR count). The van der Waals surface area contributed by atoms with Crippen LogP contribution < -0.4 is 4.90 Å². The predicted octanol–water partition coefficient (Wildman–Crippen LogP) is 10.4. The van der Waals surface area contributed by atoms with E-state index in [4.69, 9.17) is 0 Å². The van der Waals surface area contributed by atoms with Crippen LogP contribution in [0.5, 0.6) is 0 Å². The molecule has 1 aliphatic carbocycles. The molecule has 2 aliphatic rings. The largest absolute Gasteiger partial charge is 0.310 e. The number of nitrogens with zero attached hydrogens (tertiary/aromatic N) is 1. The normalized spacial score (nSPS) is 16.0. The summed E-state index contributed by atoms with van der Waals surface area (Å²) in [4.78, 5) is 2.81. The van der Waals surface area contributed by atoms with Gasteiger partial charge >= 0.3 is 0 Å². The summed E-state index contributed by atoms with van der Waals surface area (Å²) in [6.07, 6.45) is 0. The van der Waals surface area contributed by atoms with Gasteiger partial charge in [-0.3, -0.25) is 0 Å². The van der Waals surface area contributed by atoms with Crippen molar-refractivity contribution < 1.29 is 8.42 Å². The van der Waals surface area contributed by atoms with Crippen molar-refractivity contribution in [3.63, 3.8) is 0 Å². The van der Waals surface area contributed by atoms with Crippen LogP contribution in [-0.2, 0) is 20.7 Å². The van der Waals surface area contributed by atoms with Gasteiger partial charge in [-0.05, 0) is 87.5 Å². The molecule has 0 atom stereocenters. The van der Waals surface area contributed by atoms with Gasteiger partial charge in [0.15, 0.2) is 0 Å². The van der Waals surface area contributed by atoms with Crippen molar-refractivity contribution in [1.82, 2.24) is 0 Å². The Morgan fingerprint density at radius 2 is 0.851 bits per heavy atom. The Labute approximate surface area is 278 Å². The summed E-state index contributed by atoms with van der Waals surface area (Å²) in [5.74, 6) is 0.0340. The molecular formula is C43H37NO2S. The molecule has 6 aromatic rings. The molecule has 0 saturated carbocycles. The van der Waals surface area contributed by atoms with Crippen molar-refractivity contribution in [2.45, 2.75) is 54.2 Å². The molecule has 47 heavy (non-hydrogen) atoms. The van der Waals surface area contributed by atoms with Gasteiger partial charge in [0.1, 0.15) is 0 Å². The maximum atomic E-state index is 14.0. The summed E-state index contributed by atoms with van der Waals surface area (Å²) in [6.45, 7) is 9.09. The van der Waals surface area contributed by atoms with Gasteiger partial charge in [0.05, 0.1) is 21.2 Å². The molecule has 1 heterocycles. The molecule has 0 amide bonds. The third kappa shape index (κ3) is 4.42. The van der Waals surface area contributed by atoms with Gasteiger partial charge in [0.2, 0.25) is 9.84 Å². The topological polar surface area (TPSA) is 37.4 Å². The zero-order chi connectivity index (χ0) is 32.6. The fourth-order valence-electron chi connectivity index (χ4n) is 8.00. The molecule has 0 aromatic heterocycles. The maximum Gasteiger partial charge on any atom is 0.206 e. The van der Waals surface area contributed by atoms with Crippen molar-refractivity contribution in [2.75, 3.05) is 4.90 Å². The molecule has 0 spiro atoms. The van der Waals surface area contributed by atoms with Crippen molar-refractivity contribution in [2.24, 2.45) is 0 Å². The zero-order valence-corrected chi connectivity index (χ0v) is 27.9. The van der Waals surface area contributed by atoms with E-state index < -0.39 is 9.84 Å². The second-order valence-corrected chi connectivity index (χ2v) is 15.7. The summed E-state index contributed by atoms with van der Waals surface area (Å²) >= 11 is 0. The van der Waals surface area contributed by atoms with E-state index in [1.54, 1.807) is 24.3 Å². The van der Waals surface area contributed by atoms with Crippen molar-refractivity contribution >= 4 is 26.9 Å². The second kappa shape index (κ2) is 10.5. The highest BCUT2D eigenvalue weighted by Gasteiger charge is 2.38. The fraction of sp³-hybridized carbons (Fsp3) is 0.163. The lowest BCUT2D eigenvalue weighted by Gasteiger charge is -2.42. The highest BCUT2D eigenvalue weighted by atomic mass is 32.2. The van der Waals surface area contributed by atoms with E-state index in [9.17, 15) is 8.42 Å². The average molecular weight is 632 g/mol. The van der Waals surface area contributed by atoms with Gasteiger partial charge < -0.3 is 4.90 Å². The Kier molecular flexibility index (Phi) is 6.61. The van der Waals surface area contributed by atoms with Gasteiger partial charge in [-0.15, -0.1) is 0 Å². The van der Waals surface area contributed by atoms with Gasteiger partial charge in [-0.25, -0.2) is 8.42 Å².